The molecule has 0 aliphatic carbocycles. The Labute approximate surface area is 78.0 Å². The first-order valence-electron chi connectivity index (χ1n) is 4.11. The highest BCUT2D eigenvalue weighted by Gasteiger charge is 2.00. The van der Waals surface area contributed by atoms with E-state index in [2.05, 4.69) is 0 Å². The molecule has 1 atom stereocenters. The van der Waals surface area contributed by atoms with Crippen LogP contribution in [0.2, 0.25) is 5.02 Å². The quantitative estimate of drug-likeness (QED) is 0.766. The molecule has 0 radical (unpaired) electrons. The van der Waals surface area contributed by atoms with Gasteiger partial charge in [0.1, 0.15) is 0 Å². The fourth-order valence-corrected chi connectivity index (χ4v) is 1.30. The lowest BCUT2D eigenvalue weighted by Crippen LogP contribution is -2.01. The molecule has 66 valence electrons. The van der Waals surface area contributed by atoms with Crippen LogP contribution in [0.1, 0.15) is 18.9 Å². The third kappa shape index (κ3) is 2.84. The molecule has 0 fully saturated rings. The van der Waals surface area contributed by atoms with Crippen molar-refractivity contribution in [2.45, 2.75) is 25.9 Å². The molecule has 1 aromatic rings. The molecule has 0 heterocycles. The molecular formula is C10H13ClO. The van der Waals surface area contributed by atoms with Crippen LogP contribution in [0.25, 0.3) is 0 Å². The molecule has 1 aromatic carbocycles. The molecule has 12 heavy (non-hydrogen) atoms. The van der Waals surface area contributed by atoms with Gasteiger partial charge in [-0.3, -0.25) is 0 Å². The van der Waals surface area contributed by atoms with Crippen molar-refractivity contribution in [3.8, 4) is 0 Å². The Balaban J connectivity index is 2.57. The smallest absolute Gasteiger partial charge is 0.0515 e. The van der Waals surface area contributed by atoms with Crippen LogP contribution in [-0.2, 0) is 6.42 Å². The SMILES string of the molecule is C[C@H](O)CCc1ccccc1Cl. The van der Waals surface area contributed by atoms with Gasteiger partial charge < -0.3 is 5.11 Å². The van der Waals surface area contributed by atoms with E-state index in [1.165, 1.54) is 0 Å². The topological polar surface area (TPSA) is 20.2 Å². The van der Waals surface area contributed by atoms with E-state index < -0.39 is 0 Å². The van der Waals surface area contributed by atoms with E-state index in [4.69, 9.17) is 16.7 Å². The lowest BCUT2D eigenvalue weighted by Gasteiger charge is -2.05. The Morgan fingerprint density at radius 1 is 1.42 bits per heavy atom. The minimum atomic E-state index is -0.249. The van der Waals surface area contributed by atoms with Crippen LogP contribution in [-0.4, -0.2) is 11.2 Å². The van der Waals surface area contributed by atoms with Gasteiger partial charge in [-0.05, 0) is 31.4 Å². The lowest BCUT2D eigenvalue weighted by atomic mass is 10.1. The first-order valence-corrected chi connectivity index (χ1v) is 4.49. The highest BCUT2D eigenvalue weighted by molar-refractivity contribution is 6.31. The normalized spacial score (nSPS) is 12.9. The average Bonchev–Trinajstić information content (AvgIpc) is 2.03. The minimum absolute atomic E-state index is 0.249. The van der Waals surface area contributed by atoms with Gasteiger partial charge in [0.2, 0.25) is 0 Å². The van der Waals surface area contributed by atoms with Gasteiger partial charge in [-0.2, -0.15) is 0 Å². The van der Waals surface area contributed by atoms with Gasteiger partial charge in [0.15, 0.2) is 0 Å². The van der Waals surface area contributed by atoms with E-state index in [9.17, 15) is 0 Å². The highest BCUT2D eigenvalue weighted by atomic mass is 35.5. The molecule has 0 unspecified atom stereocenters. The number of aliphatic hydroxyl groups excluding tert-OH is 1. The van der Waals surface area contributed by atoms with Crippen LogP contribution in [0.4, 0.5) is 0 Å². The standard InChI is InChI=1S/C10H13ClO/c1-8(12)6-7-9-4-2-3-5-10(9)11/h2-5,8,12H,6-7H2,1H3/t8-/m0/s1. The van der Waals surface area contributed by atoms with E-state index in [-0.39, 0.29) is 6.10 Å². The van der Waals surface area contributed by atoms with Crippen LogP contribution >= 0.6 is 11.6 Å². The van der Waals surface area contributed by atoms with Gasteiger partial charge in [-0.15, -0.1) is 0 Å². The largest absolute Gasteiger partial charge is 0.393 e. The molecule has 1 rings (SSSR count). The predicted octanol–water partition coefficient (Wildman–Crippen LogP) is 2.65. The zero-order chi connectivity index (χ0) is 8.97. The molecule has 0 saturated heterocycles. The molecule has 1 nitrogen and oxygen atoms in total. The van der Waals surface area contributed by atoms with Crippen molar-refractivity contribution in [3.05, 3.63) is 34.9 Å². The third-order valence-electron chi connectivity index (χ3n) is 1.79. The van der Waals surface area contributed by atoms with E-state index in [0.717, 1.165) is 23.4 Å². The van der Waals surface area contributed by atoms with E-state index in [1.807, 2.05) is 24.3 Å². The van der Waals surface area contributed by atoms with Gasteiger partial charge in [0.05, 0.1) is 6.10 Å². The molecule has 0 aromatic heterocycles. The summed E-state index contributed by atoms with van der Waals surface area (Å²) in [4.78, 5) is 0. The molecular weight excluding hydrogens is 172 g/mol. The summed E-state index contributed by atoms with van der Waals surface area (Å²) in [5.41, 5.74) is 1.11. The van der Waals surface area contributed by atoms with Crippen molar-refractivity contribution in [1.82, 2.24) is 0 Å². The number of halogens is 1. The zero-order valence-electron chi connectivity index (χ0n) is 7.13. The second-order valence-corrected chi connectivity index (χ2v) is 3.39. The van der Waals surface area contributed by atoms with Gasteiger partial charge in [0.25, 0.3) is 0 Å². The van der Waals surface area contributed by atoms with Crippen LogP contribution in [0.5, 0.6) is 0 Å². The van der Waals surface area contributed by atoms with Crippen molar-refractivity contribution < 1.29 is 5.11 Å². The first-order chi connectivity index (χ1) is 5.70. The highest BCUT2D eigenvalue weighted by Crippen LogP contribution is 2.16. The molecule has 1 N–H and O–H groups in total. The van der Waals surface area contributed by atoms with Crippen molar-refractivity contribution in [2.24, 2.45) is 0 Å². The van der Waals surface area contributed by atoms with Crippen LogP contribution < -0.4 is 0 Å². The Hall–Kier alpha value is -0.530. The van der Waals surface area contributed by atoms with Crippen molar-refractivity contribution in [3.63, 3.8) is 0 Å². The van der Waals surface area contributed by atoms with Crippen molar-refractivity contribution in [1.29, 1.82) is 0 Å². The maximum atomic E-state index is 9.06. The molecule has 0 spiro atoms. The average molecular weight is 185 g/mol. The number of benzene rings is 1. The zero-order valence-corrected chi connectivity index (χ0v) is 7.88. The maximum absolute atomic E-state index is 9.06. The Morgan fingerprint density at radius 2 is 2.08 bits per heavy atom. The predicted molar refractivity (Wildman–Crippen MR) is 51.5 cm³/mol. The summed E-state index contributed by atoms with van der Waals surface area (Å²) in [6.07, 6.45) is 1.36. The molecule has 2 heteroatoms. The Kier molecular flexibility index (Phi) is 3.57. The number of aliphatic hydroxyl groups is 1. The second-order valence-electron chi connectivity index (χ2n) is 2.98. The van der Waals surface area contributed by atoms with Crippen LogP contribution in [0.15, 0.2) is 24.3 Å². The number of aryl methyl sites for hydroxylation is 1. The Morgan fingerprint density at radius 3 is 2.67 bits per heavy atom. The summed E-state index contributed by atoms with van der Waals surface area (Å²) >= 11 is 5.93. The third-order valence-corrected chi connectivity index (χ3v) is 2.16. The number of rotatable bonds is 3. The van der Waals surface area contributed by atoms with Gasteiger partial charge in [0, 0.05) is 5.02 Å². The van der Waals surface area contributed by atoms with E-state index >= 15 is 0 Å². The molecule has 0 aliphatic heterocycles. The fraction of sp³-hybridized carbons (Fsp3) is 0.400. The molecule has 0 saturated carbocycles. The van der Waals surface area contributed by atoms with Gasteiger partial charge >= 0.3 is 0 Å². The summed E-state index contributed by atoms with van der Waals surface area (Å²) in [7, 11) is 0. The van der Waals surface area contributed by atoms with Gasteiger partial charge in [-0.1, -0.05) is 29.8 Å². The summed E-state index contributed by atoms with van der Waals surface area (Å²) < 4.78 is 0. The summed E-state index contributed by atoms with van der Waals surface area (Å²) in [5, 5.41) is 9.85. The molecule has 0 bridgehead atoms. The van der Waals surface area contributed by atoms with Crippen molar-refractivity contribution >= 4 is 11.6 Å². The first kappa shape index (κ1) is 9.56. The summed E-state index contributed by atoms with van der Waals surface area (Å²) in [5.74, 6) is 0. The fourth-order valence-electron chi connectivity index (χ4n) is 1.07. The molecule has 0 aliphatic rings. The minimum Gasteiger partial charge on any atom is -0.393 e. The molecule has 0 amide bonds. The number of hydrogen-bond donors (Lipinski definition) is 1. The van der Waals surface area contributed by atoms with Crippen LogP contribution in [0.3, 0.4) is 0 Å². The number of hydrogen-bond acceptors (Lipinski definition) is 1. The summed E-state index contributed by atoms with van der Waals surface area (Å²) in [6.45, 7) is 1.79. The lowest BCUT2D eigenvalue weighted by molar-refractivity contribution is 0.185. The van der Waals surface area contributed by atoms with E-state index in [1.54, 1.807) is 6.92 Å². The van der Waals surface area contributed by atoms with Crippen molar-refractivity contribution in [2.75, 3.05) is 0 Å². The Bertz CT molecular complexity index is 245. The monoisotopic (exact) mass is 184 g/mol. The second kappa shape index (κ2) is 4.48. The van der Waals surface area contributed by atoms with Gasteiger partial charge in [-0.25, -0.2) is 0 Å². The summed E-state index contributed by atoms with van der Waals surface area (Å²) in [6, 6.07) is 7.74. The van der Waals surface area contributed by atoms with Crippen LogP contribution in [0, 0.1) is 0 Å². The maximum Gasteiger partial charge on any atom is 0.0515 e. The van der Waals surface area contributed by atoms with E-state index in [0.29, 0.717) is 0 Å².